The fourth-order valence-electron chi connectivity index (χ4n) is 5.08. The van der Waals surface area contributed by atoms with E-state index in [9.17, 15) is 24.4 Å². The zero-order valence-corrected chi connectivity index (χ0v) is 20.0. The molecular formula is C22H28N4O6S. The maximum atomic E-state index is 13.2. The highest BCUT2D eigenvalue weighted by molar-refractivity contribution is 7.18. The predicted octanol–water partition coefficient (Wildman–Crippen LogP) is 2.56. The van der Waals surface area contributed by atoms with E-state index in [2.05, 4.69) is 19.2 Å². The Balaban J connectivity index is 1.71. The van der Waals surface area contributed by atoms with Gasteiger partial charge in [0.1, 0.15) is 34.6 Å². The summed E-state index contributed by atoms with van der Waals surface area (Å²) >= 11 is 0.874. The number of anilines is 1. The first-order valence-electron chi connectivity index (χ1n) is 10.7. The van der Waals surface area contributed by atoms with E-state index in [-0.39, 0.29) is 38.9 Å². The standard InChI is InChI=1S/C22H28N4O6S/c1-5-31-18(28)16-14(13(8-23)17(24)33-16)10-32-15(27)9-26-19(29)22(25-20(26)30)7-12(2)6-21(3,4)11-22/h12H,5-7,9-11,24H2,1-4H3,(H,25,30). The number of nitrogens with zero attached hydrogens (tertiary/aromatic N) is 2. The van der Waals surface area contributed by atoms with Crippen LogP contribution in [0.5, 0.6) is 0 Å². The minimum Gasteiger partial charge on any atom is -0.462 e. The Morgan fingerprint density at radius 1 is 1.30 bits per heavy atom. The zero-order valence-electron chi connectivity index (χ0n) is 19.1. The van der Waals surface area contributed by atoms with Crippen molar-refractivity contribution in [3.8, 4) is 6.07 Å². The highest BCUT2D eigenvalue weighted by Gasteiger charge is 2.56. The molecule has 2 aliphatic rings. The number of thiophene rings is 1. The molecule has 10 nitrogen and oxygen atoms in total. The number of nitrogens with two attached hydrogens (primary N) is 1. The molecule has 2 atom stereocenters. The average molecular weight is 477 g/mol. The van der Waals surface area contributed by atoms with E-state index in [0.717, 1.165) is 22.7 Å². The average Bonchev–Trinajstić information content (AvgIpc) is 3.13. The number of nitrogen functional groups attached to an aromatic ring is 1. The largest absolute Gasteiger partial charge is 0.462 e. The molecule has 3 rings (SSSR count). The van der Waals surface area contributed by atoms with Crippen LogP contribution < -0.4 is 11.1 Å². The van der Waals surface area contributed by atoms with Crippen molar-refractivity contribution in [2.75, 3.05) is 18.9 Å². The van der Waals surface area contributed by atoms with Crippen molar-refractivity contribution in [2.45, 2.75) is 59.1 Å². The summed E-state index contributed by atoms with van der Waals surface area (Å²) in [5, 5.41) is 12.3. The molecule has 1 saturated carbocycles. The quantitative estimate of drug-likeness (QED) is 0.469. The number of hydrogen-bond donors (Lipinski definition) is 2. The molecule has 2 fully saturated rings. The molecule has 3 amide bonds. The summed E-state index contributed by atoms with van der Waals surface area (Å²) in [5.41, 5.74) is 4.83. The molecule has 0 aromatic carbocycles. The Morgan fingerprint density at radius 3 is 2.61 bits per heavy atom. The Bertz CT molecular complexity index is 1040. The molecule has 33 heavy (non-hydrogen) atoms. The van der Waals surface area contributed by atoms with Gasteiger partial charge in [-0.25, -0.2) is 9.59 Å². The second kappa shape index (κ2) is 9.02. The summed E-state index contributed by atoms with van der Waals surface area (Å²) in [6.45, 7) is 6.93. The third-order valence-corrected chi connectivity index (χ3v) is 6.94. The maximum absolute atomic E-state index is 13.2. The number of carbonyl (C=O) groups excluding carboxylic acids is 4. The minimum atomic E-state index is -1.02. The number of nitriles is 1. The first-order chi connectivity index (χ1) is 15.4. The van der Waals surface area contributed by atoms with Gasteiger partial charge in [-0.1, -0.05) is 20.8 Å². The first-order valence-corrected chi connectivity index (χ1v) is 11.5. The number of carbonyl (C=O) groups is 4. The van der Waals surface area contributed by atoms with Crippen molar-refractivity contribution in [3.63, 3.8) is 0 Å². The number of imide groups is 1. The summed E-state index contributed by atoms with van der Waals surface area (Å²) < 4.78 is 10.2. The van der Waals surface area contributed by atoms with E-state index in [1.54, 1.807) is 6.92 Å². The van der Waals surface area contributed by atoms with E-state index in [1.165, 1.54) is 0 Å². The summed E-state index contributed by atoms with van der Waals surface area (Å²) in [5.74, 6) is -1.72. The SMILES string of the molecule is CCOC(=O)c1sc(N)c(C#N)c1COC(=O)CN1C(=O)NC2(CC(C)CC(C)(C)C2)C1=O. The van der Waals surface area contributed by atoms with E-state index >= 15 is 0 Å². The Hall–Kier alpha value is -3.13. The van der Waals surface area contributed by atoms with Gasteiger partial charge in [0.05, 0.1) is 12.2 Å². The zero-order chi connectivity index (χ0) is 24.6. The van der Waals surface area contributed by atoms with Crippen molar-refractivity contribution in [1.29, 1.82) is 5.26 Å². The maximum Gasteiger partial charge on any atom is 0.348 e. The molecule has 11 heteroatoms. The van der Waals surface area contributed by atoms with E-state index < -0.39 is 42.6 Å². The van der Waals surface area contributed by atoms with Crippen molar-refractivity contribution >= 4 is 40.2 Å². The molecule has 2 heterocycles. The lowest BCUT2D eigenvalue weighted by Gasteiger charge is -2.43. The molecule has 1 saturated heterocycles. The van der Waals surface area contributed by atoms with E-state index in [0.29, 0.717) is 12.8 Å². The van der Waals surface area contributed by atoms with Crippen LogP contribution in [0, 0.1) is 22.7 Å². The van der Waals surface area contributed by atoms with Crippen LogP contribution in [-0.4, -0.2) is 47.5 Å². The third kappa shape index (κ3) is 4.80. The highest BCUT2D eigenvalue weighted by Crippen LogP contribution is 2.46. The monoisotopic (exact) mass is 476 g/mol. The highest BCUT2D eigenvalue weighted by atomic mass is 32.1. The van der Waals surface area contributed by atoms with Crippen LogP contribution in [-0.2, 0) is 25.7 Å². The molecule has 178 valence electrons. The van der Waals surface area contributed by atoms with Gasteiger partial charge in [0.15, 0.2) is 0 Å². The van der Waals surface area contributed by atoms with Gasteiger partial charge in [0, 0.05) is 5.56 Å². The van der Waals surface area contributed by atoms with E-state index in [1.807, 2.05) is 13.0 Å². The topological polar surface area (TPSA) is 152 Å². The van der Waals surface area contributed by atoms with Gasteiger partial charge in [-0.2, -0.15) is 5.26 Å². The molecule has 3 N–H and O–H groups in total. The molecule has 1 aliphatic carbocycles. The third-order valence-electron chi connectivity index (χ3n) is 5.90. The summed E-state index contributed by atoms with van der Waals surface area (Å²) in [6.07, 6.45) is 1.94. The Morgan fingerprint density at radius 2 is 2.00 bits per heavy atom. The smallest absolute Gasteiger partial charge is 0.348 e. The van der Waals surface area contributed by atoms with Gasteiger partial charge in [-0.05, 0) is 37.5 Å². The minimum absolute atomic E-state index is 0.0308. The summed E-state index contributed by atoms with van der Waals surface area (Å²) in [7, 11) is 0. The van der Waals surface area contributed by atoms with Crippen molar-refractivity contribution in [1.82, 2.24) is 10.2 Å². The molecule has 0 radical (unpaired) electrons. The number of hydrogen-bond acceptors (Lipinski definition) is 9. The van der Waals surface area contributed by atoms with E-state index in [4.69, 9.17) is 15.2 Å². The number of urea groups is 1. The van der Waals surface area contributed by atoms with Crippen molar-refractivity contribution in [3.05, 3.63) is 16.0 Å². The number of ether oxygens (including phenoxy) is 2. The lowest BCUT2D eigenvalue weighted by atomic mass is 9.64. The second-order valence-corrected chi connectivity index (χ2v) is 10.5. The van der Waals surface area contributed by atoms with Gasteiger partial charge in [-0.15, -0.1) is 11.3 Å². The van der Waals surface area contributed by atoms with Gasteiger partial charge in [0.25, 0.3) is 5.91 Å². The molecule has 1 spiro atoms. The van der Waals surface area contributed by atoms with Crippen LogP contribution >= 0.6 is 11.3 Å². The second-order valence-electron chi connectivity index (χ2n) is 9.40. The lowest BCUT2D eigenvalue weighted by Crippen LogP contribution is -2.54. The van der Waals surface area contributed by atoms with Crippen molar-refractivity contribution < 1.29 is 28.7 Å². The molecular weight excluding hydrogens is 448 g/mol. The first kappa shape index (κ1) is 24.5. The van der Waals surface area contributed by atoms with Crippen LogP contribution in [0.15, 0.2) is 0 Å². The van der Waals surface area contributed by atoms with Crippen LogP contribution in [0.3, 0.4) is 0 Å². The fraction of sp³-hybridized carbons (Fsp3) is 0.591. The molecule has 1 aliphatic heterocycles. The Kier molecular flexibility index (Phi) is 6.70. The van der Waals surface area contributed by atoms with Crippen LogP contribution in [0.2, 0.25) is 0 Å². The van der Waals surface area contributed by atoms with Gasteiger partial charge in [-0.3, -0.25) is 14.5 Å². The molecule has 2 unspecified atom stereocenters. The van der Waals surface area contributed by atoms with Gasteiger partial charge in [0.2, 0.25) is 0 Å². The fourth-order valence-corrected chi connectivity index (χ4v) is 6.00. The summed E-state index contributed by atoms with van der Waals surface area (Å²) in [4.78, 5) is 51.4. The number of amides is 3. The van der Waals surface area contributed by atoms with Crippen LogP contribution in [0.1, 0.15) is 67.8 Å². The Labute approximate surface area is 196 Å². The summed E-state index contributed by atoms with van der Waals surface area (Å²) in [6, 6.07) is 1.27. The lowest BCUT2D eigenvalue weighted by molar-refractivity contribution is -0.149. The molecule has 0 bridgehead atoms. The molecule has 1 aromatic rings. The van der Waals surface area contributed by atoms with Gasteiger partial charge >= 0.3 is 18.0 Å². The predicted molar refractivity (Wildman–Crippen MR) is 119 cm³/mol. The van der Waals surface area contributed by atoms with Gasteiger partial charge < -0.3 is 20.5 Å². The van der Waals surface area contributed by atoms with Crippen LogP contribution in [0.4, 0.5) is 9.80 Å². The van der Waals surface area contributed by atoms with Crippen molar-refractivity contribution in [2.24, 2.45) is 11.3 Å². The normalized spacial score (nSPS) is 23.8. The number of esters is 2. The molecule has 1 aromatic heterocycles. The number of rotatable bonds is 6. The number of nitrogens with one attached hydrogen (secondary N) is 1. The van der Waals surface area contributed by atoms with Crippen LogP contribution in [0.25, 0.3) is 0 Å².